The minimum atomic E-state index is -2.90. The summed E-state index contributed by atoms with van der Waals surface area (Å²) in [6, 6.07) is 8.71. The van der Waals surface area contributed by atoms with E-state index in [-0.39, 0.29) is 30.0 Å². The van der Waals surface area contributed by atoms with Crippen molar-refractivity contribution in [1.82, 2.24) is 24.4 Å². The first-order valence-electron chi connectivity index (χ1n) is 11.1. The Morgan fingerprint density at radius 1 is 1.26 bits per heavy atom. The van der Waals surface area contributed by atoms with Crippen molar-refractivity contribution in [3.05, 3.63) is 65.7 Å². The molecular weight excluding hydrogens is 460 g/mol. The van der Waals surface area contributed by atoms with Gasteiger partial charge in [0, 0.05) is 12.7 Å². The molecule has 1 aromatic carbocycles. The molecule has 2 aliphatic rings. The summed E-state index contributed by atoms with van der Waals surface area (Å²) in [7, 11) is 0. The maximum Gasteiger partial charge on any atom is 0.284 e. The normalized spacial score (nSPS) is 19.3. The van der Waals surface area contributed by atoms with Crippen molar-refractivity contribution < 1.29 is 23.4 Å². The maximum absolute atomic E-state index is 13.7. The topological polar surface area (TPSA) is 110 Å². The first-order chi connectivity index (χ1) is 17.0. The van der Waals surface area contributed by atoms with Crippen LogP contribution in [0.2, 0.25) is 0 Å². The highest BCUT2D eigenvalue weighted by molar-refractivity contribution is 6.08. The number of carbonyl (C=O) groups excluding carboxylic acids is 1. The van der Waals surface area contributed by atoms with Gasteiger partial charge < -0.3 is 20.1 Å². The number of nitrogens with zero attached hydrogens (tertiary/aromatic N) is 6. The number of nitrogens with one attached hydrogen (secondary N) is 1. The molecule has 3 aromatic heterocycles. The molecule has 2 atom stereocenters. The summed E-state index contributed by atoms with van der Waals surface area (Å²) in [6.45, 7) is 1.25. The smallest absolute Gasteiger partial charge is 0.284 e. The average molecular weight is 481 g/mol. The van der Waals surface area contributed by atoms with Crippen LogP contribution in [-0.4, -0.2) is 60.7 Å². The number of morpholine rings is 1. The zero-order valence-electron chi connectivity index (χ0n) is 18.4. The first kappa shape index (κ1) is 21.6. The highest BCUT2D eigenvalue weighted by Gasteiger charge is 2.39. The highest BCUT2D eigenvalue weighted by atomic mass is 19.3. The third-order valence-electron chi connectivity index (χ3n) is 6.37. The van der Waals surface area contributed by atoms with Crippen LogP contribution in [0.5, 0.6) is 0 Å². The van der Waals surface area contributed by atoms with Crippen LogP contribution >= 0.6 is 0 Å². The lowest BCUT2D eigenvalue weighted by Gasteiger charge is -2.27. The zero-order valence-corrected chi connectivity index (χ0v) is 18.4. The lowest BCUT2D eigenvalue weighted by atomic mass is 10.2. The monoisotopic (exact) mass is 481 g/mol. The molecular formula is C23H21F2N7O3. The fourth-order valence-corrected chi connectivity index (χ4v) is 4.58. The summed E-state index contributed by atoms with van der Waals surface area (Å²) in [5.41, 5.74) is 1.01. The van der Waals surface area contributed by atoms with Crippen molar-refractivity contribution in [3.8, 4) is 5.69 Å². The Morgan fingerprint density at radius 3 is 2.77 bits per heavy atom. The van der Waals surface area contributed by atoms with Crippen LogP contribution in [-0.2, 0) is 11.3 Å². The van der Waals surface area contributed by atoms with Gasteiger partial charge in [0.1, 0.15) is 11.4 Å². The summed E-state index contributed by atoms with van der Waals surface area (Å²) in [5, 5.41) is 19.9. The van der Waals surface area contributed by atoms with Gasteiger partial charge >= 0.3 is 0 Å². The van der Waals surface area contributed by atoms with Crippen LogP contribution in [0.1, 0.15) is 34.5 Å². The number of hydrogen-bond donors (Lipinski definition) is 2. The van der Waals surface area contributed by atoms with Crippen molar-refractivity contribution >= 4 is 23.1 Å². The molecule has 1 amide bonds. The fraction of sp³-hybridized carbons (Fsp3) is 0.304. The molecule has 0 aliphatic carbocycles. The Balaban J connectivity index is 1.29. The van der Waals surface area contributed by atoms with E-state index in [0.717, 1.165) is 18.8 Å². The number of halogens is 2. The number of rotatable bonds is 6. The number of aliphatic hydroxyl groups excluding tert-OH is 1. The predicted molar refractivity (Wildman–Crippen MR) is 121 cm³/mol. The maximum atomic E-state index is 13.7. The van der Waals surface area contributed by atoms with Crippen LogP contribution in [0.3, 0.4) is 0 Å². The Hall–Kier alpha value is -3.90. The second kappa shape index (κ2) is 8.40. The van der Waals surface area contributed by atoms with Gasteiger partial charge in [0.15, 0.2) is 11.3 Å². The summed E-state index contributed by atoms with van der Waals surface area (Å²) < 4.78 is 35.8. The molecule has 5 heterocycles. The highest BCUT2D eigenvalue weighted by Crippen LogP contribution is 2.32. The number of fused-ring (bicyclic) bond motifs is 3. The molecule has 2 fully saturated rings. The molecule has 4 aromatic rings. The number of aliphatic hydroxyl groups is 1. The zero-order chi connectivity index (χ0) is 24.1. The molecule has 2 unspecified atom stereocenters. The van der Waals surface area contributed by atoms with Gasteiger partial charge in [-0.3, -0.25) is 4.79 Å². The van der Waals surface area contributed by atoms with Crippen molar-refractivity contribution in [2.45, 2.75) is 31.6 Å². The first-order valence-corrected chi connectivity index (χ1v) is 11.1. The Kier molecular flexibility index (Phi) is 5.19. The summed E-state index contributed by atoms with van der Waals surface area (Å²) in [4.78, 5) is 19.9. The SMILES string of the molecule is O=C(Nc1cn(-c2ccc(CO)cc2)nc1C(F)F)c1cnn2ccc(N3CC4CC3CO4)nc12. The summed E-state index contributed by atoms with van der Waals surface area (Å²) in [6.07, 6.45) is 2.65. The van der Waals surface area contributed by atoms with Crippen molar-refractivity contribution in [1.29, 1.82) is 0 Å². The van der Waals surface area contributed by atoms with Gasteiger partial charge in [-0.15, -0.1) is 0 Å². The number of aromatic nitrogens is 5. The number of hydrogen-bond acceptors (Lipinski definition) is 7. The molecule has 35 heavy (non-hydrogen) atoms. The van der Waals surface area contributed by atoms with Gasteiger partial charge in [0.05, 0.1) is 49.1 Å². The molecule has 2 aliphatic heterocycles. The molecule has 12 heteroatoms. The van der Waals surface area contributed by atoms with Gasteiger partial charge in [0.25, 0.3) is 12.3 Å². The standard InChI is InChI=1S/C23H21F2N7O3/c24-21(25)20-18(10-32(29-20)14-3-1-13(11-33)2-4-14)27-23(34)17-8-26-31-6-5-19(28-22(17)31)30-9-16-7-15(30)12-35-16/h1-6,8,10,15-16,21,33H,7,9,11-12H2,(H,27,34). The van der Waals surface area contributed by atoms with Crippen molar-refractivity contribution in [3.63, 3.8) is 0 Å². The summed E-state index contributed by atoms with van der Waals surface area (Å²) in [5.74, 6) is 0.100. The number of ether oxygens (including phenoxy) is 1. The molecule has 2 saturated heterocycles. The van der Waals surface area contributed by atoms with E-state index in [0.29, 0.717) is 23.5 Å². The van der Waals surface area contributed by atoms with E-state index in [2.05, 4.69) is 25.4 Å². The Bertz CT molecular complexity index is 1400. The van der Waals surface area contributed by atoms with Gasteiger partial charge in [-0.1, -0.05) is 12.1 Å². The van der Waals surface area contributed by atoms with E-state index in [4.69, 9.17) is 4.74 Å². The van der Waals surface area contributed by atoms with E-state index in [1.807, 2.05) is 6.07 Å². The quantitative estimate of drug-likeness (QED) is 0.436. The molecule has 0 saturated carbocycles. The van der Waals surface area contributed by atoms with Crippen molar-refractivity contribution in [2.24, 2.45) is 0 Å². The fourth-order valence-electron chi connectivity index (χ4n) is 4.58. The van der Waals surface area contributed by atoms with Crippen LogP contribution in [0.15, 0.2) is 48.9 Å². The lowest BCUT2D eigenvalue weighted by Crippen LogP contribution is -2.37. The van der Waals surface area contributed by atoms with E-state index >= 15 is 0 Å². The molecule has 6 rings (SSSR count). The molecule has 2 N–H and O–H groups in total. The van der Waals surface area contributed by atoms with Gasteiger partial charge in [-0.05, 0) is 30.2 Å². The Morgan fingerprint density at radius 2 is 2.09 bits per heavy atom. The van der Waals surface area contributed by atoms with E-state index in [1.165, 1.54) is 21.6 Å². The molecule has 180 valence electrons. The second-order valence-corrected chi connectivity index (χ2v) is 8.56. The van der Waals surface area contributed by atoms with Gasteiger partial charge in [-0.2, -0.15) is 10.2 Å². The summed E-state index contributed by atoms with van der Waals surface area (Å²) >= 11 is 0. The van der Waals surface area contributed by atoms with Crippen LogP contribution in [0, 0.1) is 0 Å². The minimum Gasteiger partial charge on any atom is -0.392 e. The van der Waals surface area contributed by atoms with Gasteiger partial charge in [0.2, 0.25) is 0 Å². The molecule has 0 spiro atoms. The predicted octanol–water partition coefficient (Wildman–Crippen LogP) is 2.57. The number of alkyl halides is 2. The largest absolute Gasteiger partial charge is 0.392 e. The number of carbonyl (C=O) groups is 1. The van der Waals surface area contributed by atoms with Crippen molar-refractivity contribution in [2.75, 3.05) is 23.4 Å². The van der Waals surface area contributed by atoms with E-state index in [9.17, 15) is 18.7 Å². The van der Waals surface area contributed by atoms with Gasteiger partial charge in [-0.25, -0.2) is 23.0 Å². The lowest BCUT2D eigenvalue weighted by molar-refractivity contribution is 0.0988. The third kappa shape index (κ3) is 3.80. The van der Waals surface area contributed by atoms with Crippen LogP contribution < -0.4 is 10.2 Å². The third-order valence-corrected chi connectivity index (χ3v) is 6.37. The average Bonchev–Trinajstić information content (AvgIpc) is 3.66. The van der Waals surface area contributed by atoms with Crippen LogP contribution in [0.4, 0.5) is 20.3 Å². The number of amides is 1. The van der Waals surface area contributed by atoms with E-state index < -0.39 is 18.0 Å². The second-order valence-electron chi connectivity index (χ2n) is 8.56. The molecule has 2 bridgehead atoms. The van der Waals surface area contributed by atoms with E-state index in [1.54, 1.807) is 30.5 Å². The molecule has 0 radical (unpaired) electrons. The van der Waals surface area contributed by atoms with Crippen LogP contribution in [0.25, 0.3) is 11.3 Å². The number of anilines is 2. The number of benzene rings is 1. The minimum absolute atomic E-state index is 0.110. The Labute approximate surface area is 197 Å². The molecule has 10 nitrogen and oxygen atoms in total.